The van der Waals surface area contributed by atoms with Gasteiger partial charge in [-0.2, -0.15) is 0 Å². The number of aliphatic hydroxyl groups excluding tert-OH is 7. The van der Waals surface area contributed by atoms with Crippen molar-refractivity contribution in [3.63, 3.8) is 0 Å². The van der Waals surface area contributed by atoms with Crippen molar-refractivity contribution in [1.29, 1.82) is 0 Å². The van der Waals surface area contributed by atoms with E-state index in [0.717, 1.165) is 0 Å². The quantitative estimate of drug-likeness (QED) is 0.269. The Bertz CT molecular complexity index is 366. The van der Waals surface area contributed by atoms with Gasteiger partial charge in [0.1, 0.15) is 42.7 Å². The Morgan fingerprint density at radius 1 is 0.818 bits per heavy atom. The molecular weight excluding hydrogens is 304 g/mol. The first-order valence-electron chi connectivity index (χ1n) is 6.93. The van der Waals surface area contributed by atoms with Gasteiger partial charge in [0.05, 0.1) is 12.7 Å². The van der Waals surface area contributed by atoms with Crippen molar-refractivity contribution < 1.29 is 50.0 Å². The maximum absolute atomic E-state index is 9.93. The van der Waals surface area contributed by atoms with Crippen molar-refractivity contribution in [2.45, 2.75) is 68.3 Å². The summed E-state index contributed by atoms with van der Waals surface area (Å²) in [6.07, 6.45) is -14.2. The fourth-order valence-corrected chi connectivity index (χ4v) is 2.52. The average molecular weight is 326 g/mol. The summed E-state index contributed by atoms with van der Waals surface area (Å²) in [5.74, 6) is 0. The van der Waals surface area contributed by atoms with Crippen molar-refractivity contribution in [3.8, 4) is 0 Å². The maximum atomic E-state index is 9.93. The van der Waals surface area contributed by atoms with Gasteiger partial charge in [-0.15, -0.1) is 0 Å². The zero-order valence-electron chi connectivity index (χ0n) is 11.8. The second kappa shape index (κ2) is 7.01. The van der Waals surface area contributed by atoms with E-state index in [-0.39, 0.29) is 0 Å². The zero-order valence-corrected chi connectivity index (χ0v) is 11.8. The van der Waals surface area contributed by atoms with E-state index in [0.29, 0.717) is 0 Å². The van der Waals surface area contributed by atoms with E-state index in [1.807, 2.05) is 0 Å². The van der Waals surface area contributed by atoms with Crippen LogP contribution < -0.4 is 0 Å². The van der Waals surface area contributed by atoms with E-state index in [2.05, 4.69) is 0 Å². The number of hydrogen-bond donors (Lipinski definition) is 7. The second-order valence-electron chi connectivity index (χ2n) is 5.51. The van der Waals surface area contributed by atoms with E-state index in [4.69, 9.17) is 14.2 Å². The smallest absolute Gasteiger partial charge is 0.187 e. The molecule has 0 bridgehead atoms. The van der Waals surface area contributed by atoms with Gasteiger partial charge in [0.2, 0.25) is 0 Å². The molecule has 2 heterocycles. The molecule has 0 radical (unpaired) electrons. The van der Waals surface area contributed by atoms with Crippen molar-refractivity contribution in [2.24, 2.45) is 0 Å². The van der Waals surface area contributed by atoms with E-state index in [9.17, 15) is 35.7 Å². The first-order chi connectivity index (χ1) is 10.3. The topological polar surface area (TPSA) is 169 Å². The van der Waals surface area contributed by atoms with Crippen LogP contribution in [-0.4, -0.2) is 104 Å². The summed E-state index contributed by atoms with van der Waals surface area (Å²) in [7, 11) is 0. The molecule has 2 aliphatic rings. The first-order valence-corrected chi connectivity index (χ1v) is 6.93. The lowest BCUT2D eigenvalue weighted by Gasteiger charge is -2.44. The van der Waals surface area contributed by atoms with Crippen LogP contribution in [0, 0.1) is 0 Å². The van der Waals surface area contributed by atoms with E-state index in [1.54, 1.807) is 0 Å². The summed E-state index contributed by atoms with van der Waals surface area (Å²) >= 11 is 0. The average Bonchev–Trinajstić information content (AvgIpc) is 2.50. The standard InChI is InChI=1S/C12H22O10/c1-3-5(14)6(15)9(18)12(20-3)22-10-4(2-13)21-11(19)8(17)7(10)16/h3-19H,2H2,1H3/t3-,4+,5-,6+,7+,8+,9+,10+,11-,12+/m0/s1. The van der Waals surface area contributed by atoms with Gasteiger partial charge in [-0.25, -0.2) is 0 Å². The highest BCUT2D eigenvalue weighted by atomic mass is 16.7. The molecule has 0 spiro atoms. The van der Waals surface area contributed by atoms with Crippen LogP contribution in [-0.2, 0) is 14.2 Å². The lowest BCUT2D eigenvalue weighted by Crippen LogP contribution is -2.63. The van der Waals surface area contributed by atoms with Crippen LogP contribution in [0.3, 0.4) is 0 Å². The molecule has 2 rings (SSSR count). The fourth-order valence-electron chi connectivity index (χ4n) is 2.52. The lowest BCUT2D eigenvalue weighted by atomic mass is 9.97. The van der Waals surface area contributed by atoms with Gasteiger partial charge in [-0.3, -0.25) is 0 Å². The van der Waals surface area contributed by atoms with E-state index in [1.165, 1.54) is 6.92 Å². The highest BCUT2D eigenvalue weighted by molar-refractivity contribution is 4.93. The molecule has 10 heteroatoms. The van der Waals surface area contributed by atoms with Crippen molar-refractivity contribution in [2.75, 3.05) is 6.61 Å². The minimum absolute atomic E-state index is 0.630. The minimum atomic E-state index is -1.70. The van der Waals surface area contributed by atoms with Gasteiger partial charge in [0.15, 0.2) is 12.6 Å². The summed E-state index contributed by atoms with van der Waals surface area (Å²) in [5, 5.41) is 67.3. The molecule has 0 aliphatic carbocycles. The summed E-state index contributed by atoms with van der Waals surface area (Å²) in [4.78, 5) is 0. The highest BCUT2D eigenvalue weighted by Gasteiger charge is 2.49. The van der Waals surface area contributed by atoms with Crippen molar-refractivity contribution in [1.82, 2.24) is 0 Å². The van der Waals surface area contributed by atoms with Crippen LogP contribution in [0.15, 0.2) is 0 Å². The summed E-state index contributed by atoms with van der Waals surface area (Å²) in [6, 6.07) is 0. The molecule has 0 saturated carbocycles. The predicted octanol–water partition coefficient (Wildman–Crippen LogP) is -4.37. The maximum Gasteiger partial charge on any atom is 0.187 e. The van der Waals surface area contributed by atoms with Gasteiger partial charge in [-0.1, -0.05) is 0 Å². The third-order valence-electron chi connectivity index (χ3n) is 3.94. The molecule has 0 aromatic heterocycles. The normalized spacial score (nSPS) is 53.5. The monoisotopic (exact) mass is 326 g/mol. The van der Waals surface area contributed by atoms with E-state index < -0.39 is 68.0 Å². The van der Waals surface area contributed by atoms with Gasteiger partial charge in [-0.05, 0) is 6.92 Å². The number of ether oxygens (including phenoxy) is 3. The van der Waals surface area contributed by atoms with Crippen LogP contribution in [0.2, 0.25) is 0 Å². The van der Waals surface area contributed by atoms with Crippen molar-refractivity contribution in [3.05, 3.63) is 0 Å². The Morgan fingerprint density at radius 3 is 2.05 bits per heavy atom. The molecule has 0 unspecified atom stereocenters. The molecule has 2 aliphatic heterocycles. The number of hydrogen-bond acceptors (Lipinski definition) is 10. The Hall–Kier alpha value is -0.400. The molecule has 7 N–H and O–H groups in total. The molecule has 130 valence electrons. The van der Waals surface area contributed by atoms with Crippen LogP contribution in [0.5, 0.6) is 0 Å². The predicted molar refractivity (Wildman–Crippen MR) is 67.2 cm³/mol. The summed E-state index contributed by atoms with van der Waals surface area (Å²) in [5.41, 5.74) is 0. The third-order valence-corrected chi connectivity index (χ3v) is 3.94. The van der Waals surface area contributed by atoms with Crippen molar-refractivity contribution >= 4 is 0 Å². The fraction of sp³-hybridized carbons (Fsp3) is 1.00. The van der Waals surface area contributed by atoms with E-state index >= 15 is 0 Å². The molecule has 22 heavy (non-hydrogen) atoms. The van der Waals surface area contributed by atoms with Crippen LogP contribution >= 0.6 is 0 Å². The Morgan fingerprint density at radius 2 is 1.45 bits per heavy atom. The molecule has 0 aromatic rings. The number of rotatable bonds is 3. The first kappa shape index (κ1) is 17.9. The second-order valence-corrected chi connectivity index (χ2v) is 5.51. The van der Waals surface area contributed by atoms with Gasteiger partial charge < -0.3 is 50.0 Å². The molecule has 0 amide bonds. The molecule has 0 aromatic carbocycles. The number of aliphatic hydroxyl groups is 7. The van der Waals surface area contributed by atoms with Gasteiger partial charge in [0.25, 0.3) is 0 Å². The van der Waals surface area contributed by atoms with Crippen LogP contribution in [0.1, 0.15) is 6.92 Å². The molecule has 10 atom stereocenters. The Labute approximate surface area is 126 Å². The van der Waals surface area contributed by atoms with Crippen LogP contribution in [0.4, 0.5) is 0 Å². The Kier molecular flexibility index (Phi) is 5.72. The minimum Gasteiger partial charge on any atom is -0.394 e. The largest absolute Gasteiger partial charge is 0.394 e. The Balaban J connectivity index is 2.10. The zero-order chi connectivity index (χ0) is 16.6. The SMILES string of the molecule is C[C@@H]1O[C@H](O[C@H]2[C@H](O)[C@@H](O)[C@@H](O)O[C@@H]2CO)[C@H](O)[C@H](O)[C@H]1O. The molecule has 10 nitrogen and oxygen atoms in total. The molecule has 2 saturated heterocycles. The molecular formula is C12H22O10. The third kappa shape index (κ3) is 3.26. The summed E-state index contributed by atoms with van der Waals surface area (Å²) in [6.45, 7) is 0.821. The van der Waals surface area contributed by atoms with Crippen LogP contribution in [0.25, 0.3) is 0 Å². The summed E-state index contributed by atoms with van der Waals surface area (Å²) < 4.78 is 15.4. The van der Waals surface area contributed by atoms with Gasteiger partial charge >= 0.3 is 0 Å². The van der Waals surface area contributed by atoms with Gasteiger partial charge in [0, 0.05) is 0 Å². The highest BCUT2D eigenvalue weighted by Crippen LogP contribution is 2.28. The lowest BCUT2D eigenvalue weighted by molar-refractivity contribution is -0.352. The molecule has 2 fully saturated rings.